The number of aryl methyl sites for hydroxylation is 1. The van der Waals surface area contributed by atoms with Crippen LogP contribution in [0.15, 0.2) is 79.0 Å². The molecule has 5 rings (SSSR count). The van der Waals surface area contributed by atoms with Crippen molar-refractivity contribution in [3.8, 4) is 11.4 Å². The Morgan fingerprint density at radius 3 is 2.25 bits per heavy atom. The molecule has 1 aliphatic rings. The summed E-state index contributed by atoms with van der Waals surface area (Å²) in [5, 5.41) is 4.24. The van der Waals surface area contributed by atoms with Crippen LogP contribution in [-0.4, -0.2) is 35.9 Å². The number of hydrogen-bond acceptors (Lipinski definition) is 4. The Morgan fingerprint density at radius 1 is 0.944 bits per heavy atom. The van der Waals surface area contributed by atoms with E-state index < -0.39 is 0 Å². The molecule has 2 aromatic carbocycles. The summed E-state index contributed by atoms with van der Waals surface area (Å²) in [6.45, 7) is 4.34. The van der Waals surface area contributed by atoms with Crippen LogP contribution in [0.25, 0.3) is 5.69 Å². The number of anilines is 2. The summed E-state index contributed by atoms with van der Waals surface area (Å²) in [4.78, 5) is 9.00. The van der Waals surface area contributed by atoms with E-state index in [1.54, 1.807) is 7.11 Å². The van der Waals surface area contributed by atoms with E-state index >= 15 is 0 Å². The predicted molar refractivity (Wildman–Crippen MR) is 150 cm³/mol. The first-order chi connectivity index (χ1) is 17.4. The van der Waals surface area contributed by atoms with Crippen LogP contribution in [0.1, 0.15) is 34.7 Å². The molecule has 184 valence electrons. The summed E-state index contributed by atoms with van der Waals surface area (Å²) in [5.74, 6) is 0.814. The lowest BCUT2D eigenvalue weighted by Gasteiger charge is -2.28. The average molecular weight is 498 g/mol. The zero-order valence-electron chi connectivity index (χ0n) is 21.3. The summed E-state index contributed by atoms with van der Waals surface area (Å²) in [6, 6.07) is 24.9. The highest BCUT2D eigenvalue weighted by Gasteiger charge is 2.42. The monoisotopic (exact) mass is 497 g/mol. The van der Waals surface area contributed by atoms with Crippen molar-refractivity contribution < 1.29 is 4.74 Å². The third-order valence-corrected chi connectivity index (χ3v) is 7.18. The summed E-state index contributed by atoms with van der Waals surface area (Å²) in [6.07, 6.45) is 1.84. The summed E-state index contributed by atoms with van der Waals surface area (Å²) >= 11 is 5.90. The molecule has 7 heteroatoms. The van der Waals surface area contributed by atoms with Crippen LogP contribution >= 0.6 is 12.2 Å². The Bertz CT molecular complexity index is 1360. The zero-order valence-corrected chi connectivity index (χ0v) is 22.1. The fourth-order valence-corrected chi connectivity index (χ4v) is 5.42. The van der Waals surface area contributed by atoms with Gasteiger partial charge in [0, 0.05) is 48.7 Å². The smallest absolute Gasteiger partial charge is 0.174 e. The Kier molecular flexibility index (Phi) is 6.41. The minimum Gasteiger partial charge on any atom is -0.497 e. The van der Waals surface area contributed by atoms with Crippen molar-refractivity contribution in [3.63, 3.8) is 0 Å². The Labute approximate surface area is 218 Å². The van der Waals surface area contributed by atoms with E-state index in [0.717, 1.165) is 22.8 Å². The number of ether oxygens (including phenoxy) is 1. The number of benzene rings is 2. The molecule has 0 amide bonds. The molecule has 1 N–H and O–H groups in total. The molecule has 2 aromatic heterocycles. The second-order valence-electron chi connectivity index (χ2n) is 9.27. The van der Waals surface area contributed by atoms with Gasteiger partial charge in [-0.15, -0.1) is 0 Å². The number of thiocarbonyl (C=S) groups is 1. The maximum absolute atomic E-state index is 5.90. The molecule has 0 unspecified atom stereocenters. The molecule has 4 aromatic rings. The van der Waals surface area contributed by atoms with Crippen LogP contribution in [0, 0.1) is 13.8 Å². The van der Waals surface area contributed by atoms with Gasteiger partial charge in [-0.2, -0.15) is 0 Å². The first-order valence-electron chi connectivity index (χ1n) is 12.0. The molecule has 36 heavy (non-hydrogen) atoms. The number of hydrogen-bond donors (Lipinski definition) is 1. The molecule has 0 radical (unpaired) electrons. The molecule has 6 nitrogen and oxygen atoms in total. The van der Waals surface area contributed by atoms with Gasteiger partial charge in [0.2, 0.25) is 0 Å². The van der Waals surface area contributed by atoms with Gasteiger partial charge in [0.1, 0.15) is 5.75 Å². The minimum absolute atomic E-state index is 0.0678. The van der Waals surface area contributed by atoms with Gasteiger partial charge in [-0.1, -0.05) is 6.07 Å². The van der Waals surface area contributed by atoms with Crippen molar-refractivity contribution in [2.75, 3.05) is 31.0 Å². The zero-order chi connectivity index (χ0) is 25.4. The highest BCUT2D eigenvalue weighted by molar-refractivity contribution is 7.80. The van der Waals surface area contributed by atoms with Gasteiger partial charge in [-0.3, -0.25) is 4.98 Å². The lowest BCUT2D eigenvalue weighted by Crippen LogP contribution is -2.29. The summed E-state index contributed by atoms with van der Waals surface area (Å²) in [5.41, 5.74) is 7.85. The fraction of sp³-hybridized carbons (Fsp3) is 0.241. The van der Waals surface area contributed by atoms with Crippen molar-refractivity contribution in [2.45, 2.75) is 25.9 Å². The van der Waals surface area contributed by atoms with Crippen LogP contribution in [0.4, 0.5) is 11.4 Å². The SMILES string of the molecule is COc1ccc(N2C(=S)N[C@H](c3ccccn3)[C@H]2c2cc(C)n(-c3ccc(N(C)C)cc3)c2C)cc1. The van der Waals surface area contributed by atoms with Crippen molar-refractivity contribution in [1.82, 2.24) is 14.9 Å². The van der Waals surface area contributed by atoms with E-state index in [9.17, 15) is 0 Å². The van der Waals surface area contributed by atoms with E-state index in [4.69, 9.17) is 17.0 Å². The third-order valence-electron chi connectivity index (χ3n) is 6.86. The standard InChI is InChI=1S/C29H31N5OS/c1-19-18-25(20(2)33(19)22-11-9-21(10-12-22)32(3)4)28-27(26-8-6-7-17-30-26)31-29(36)34(28)23-13-15-24(35-5)16-14-23/h6-18,27-28H,1-5H3,(H,31,36)/t27-,28-/m1/s1. The molecule has 2 atom stereocenters. The highest BCUT2D eigenvalue weighted by Crippen LogP contribution is 2.44. The first-order valence-corrected chi connectivity index (χ1v) is 12.4. The Balaban J connectivity index is 1.63. The van der Waals surface area contributed by atoms with Crippen LogP contribution < -0.4 is 19.9 Å². The molecule has 1 saturated heterocycles. The summed E-state index contributed by atoms with van der Waals surface area (Å²) in [7, 11) is 5.79. The maximum Gasteiger partial charge on any atom is 0.174 e. The van der Waals surface area contributed by atoms with Crippen molar-refractivity contribution in [1.29, 1.82) is 0 Å². The number of nitrogens with one attached hydrogen (secondary N) is 1. The molecule has 0 spiro atoms. The second-order valence-corrected chi connectivity index (χ2v) is 9.65. The quantitative estimate of drug-likeness (QED) is 0.343. The minimum atomic E-state index is -0.0918. The number of pyridine rings is 1. The molecule has 3 heterocycles. The normalized spacial score (nSPS) is 17.2. The van der Waals surface area contributed by atoms with Gasteiger partial charge in [0.05, 0.1) is 24.9 Å². The number of methoxy groups -OCH3 is 1. The van der Waals surface area contributed by atoms with Gasteiger partial charge in [-0.25, -0.2) is 0 Å². The van der Waals surface area contributed by atoms with E-state index in [1.807, 2.05) is 30.5 Å². The fourth-order valence-electron chi connectivity index (χ4n) is 5.08. The van der Waals surface area contributed by atoms with E-state index in [1.165, 1.54) is 22.6 Å². The molecule has 0 saturated carbocycles. The topological polar surface area (TPSA) is 45.6 Å². The average Bonchev–Trinajstić information content (AvgIpc) is 3.39. The van der Waals surface area contributed by atoms with E-state index in [0.29, 0.717) is 5.11 Å². The van der Waals surface area contributed by atoms with Crippen molar-refractivity contribution in [3.05, 3.63) is 102 Å². The predicted octanol–water partition coefficient (Wildman–Crippen LogP) is 5.74. The third kappa shape index (κ3) is 4.20. The van der Waals surface area contributed by atoms with E-state index in [2.05, 4.69) is 101 Å². The molecule has 0 aliphatic carbocycles. The molecule has 0 bridgehead atoms. The van der Waals surface area contributed by atoms with Gasteiger partial charge >= 0.3 is 0 Å². The number of aromatic nitrogens is 2. The highest BCUT2D eigenvalue weighted by atomic mass is 32.1. The van der Waals surface area contributed by atoms with Crippen LogP contribution in [-0.2, 0) is 0 Å². The van der Waals surface area contributed by atoms with Crippen molar-refractivity contribution in [2.24, 2.45) is 0 Å². The Hall–Kier alpha value is -3.84. The van der Waals surface area contributed by atoms with E-state index in [-0.39, 0.29) is 12.1 Å². The largest absolute Gasteiger partial charge is 0.497 e. The van der Waals surface area contributed by atoms with Gasteiger partial charge < -0.3 is 24.4 Å². The summed E-state index contributed by atoms with van der Waals surface area (Å²) < 4.78 is 7.70. The first kappa shape index (κ1) is 23.9. The van der Waals surface area contributed by atoms with Crippen LogP contribution in [0.5, 0.6) is 5.75 Å². The maximum atomic E-state index is 5.90. The lowest BCUT2D eigenvalue weighted by molar-refractivity contribution is 0.415. The second kappa shape index (κ2) is 9.66. The molecule has 1 fully saturated rings. The lowest BCUT2D eigenvalue weighted by atomic mass is 9.96. The van der Waals surface area contributed by atoms with Crippen LogP contribution in [0.3, 0.4) is 0 Å². The molecular formula is C29H31N5OS. The number of rotatable bonds is 6. The molecule has 1 aliphatic heterocycles. The number of nitrogens with zero attached hydrogens (tertiary/aromatic N) is 4. The van der Waals surface area contributed by atoms with Gasteiger partial charge in [0.25, 0.3) is 0 Å². The van der Waals surface area contributed by atoms with Crippen molar-refractivity contribution >= 4 is 28.7 Å². The van der Waals surface area contributed by atoms with Crippen LogP contribution in [0.2, 0.25) is 0 Å². The van der Waals surface area contributed by atoms with Gasteiger partial charge in [0.15, 0.2) is 5.11 Å². The van der Waals surface area contributed by atoms with Gasteiger partial charge in [-0.05, 0) is 98.4 Å². The Morgan fingerprint density at radius 2 is 1.64 bits per heavy atom. The molecular weight excluding hydrogens is 466 g/mol.